The Morgan fingerprint density at radius 1 is 0.969 bits per heavy atom. The van der Waals surface area contributed by atoms with Crippen LogP contribution in [0.5, 0.6) is 5.75 Å². The molecule has 2 aromatic rings. The Morgan fingerprint density at radius 2 is 1.47 bits per heavy atom. The first-order chi connectivity index (χ1) is 14.4. The van der Waals surface area contributed by atoms with Crippen molar-refractivity contribution in [3.8, 4) is 11.8 Å². The van der Waals surface area contributed by atoms with Gasteiger partial charge in [-0.1, -0.05) is 47.6 Å². The first-order valence-electron chi connectivity index (χ1n) is 9.81. The Hall–Kier alpha value is -2.79. The first-order valence-corrected chi connectivity index (χ1v) is 11.3. The van der Waals surface area contributed by atoms with Crippen molar-refractivity contribution in [1.29, 1.82) is 5.26 Å². The maximum atomic E-state index is 13.0. The summed E-state index contributed by atoms with van der Waals surface area (Å²) in [6.45, 7) is 11.3. The summed E-state index contributed by atoms with van der Waals surface area (Å²) in [6.07, 6.45) is -3.60. The lowest BCUT2D eigenvalue weighted by atomic mass is 9.78. The van der Waals surface area contributed by atoms with Gasteiger partial charge in [-0.3, -0.25) is 0 Å². The van der Waals surface area contributed by atoms with Crippen molar-refractivity contribution in [2.24, 2.45) is 0 Å². The van der Waals surface area contributed by atoms with E-state index in [1.165, 1.54) is 0 Å². The minimum absolute atomic E-state index is 0.0846. The van der Waals surface area contributed by atoms with E-state index >= 15 is 0 Å². The Kier molecular flexibility index (Phi) is 6.59. The third kappa shape index (κ3) is 5.33. The SMILES string of the molecule is CC(C)(C)c1cc(/C=C(/C#N)S(=O)(=O)c2cccc(C(F)(F)F)c2)cc(C(C)(C)C)c1O. The fourth-order valence-electron chi connectivity index (χ4n) is 3.17. The lowest BCUT2D eigenvalue weighted by Gasteiger charge is -2.28. The van der Waals surface area contributed by atoms with E-state index in [2.05, 4.69) is 0 Å². The molecule has 32 heavy (non-hydrogen) atoms. The molecule has 8 heteroatoms. The van der Waals surface area contributed by atoms with Crippen molar-refractivity contribution in [3.63, 3.8) is 0 Å². The van der Waals surface area contributed by atoms with E-state index in [-0.39, 0.29) is 5.75 Å². The van der Waals surface area contributed by atoms with Gasteiger partial charge in [0.2, 0.25) is 9.84 Å². The predicted molar refractivity (Wildman–Crippen MR) is 118 cm³/mol. The highest BCUT2D eigenvalue weighted by Gasteiger charge is 2.33. The van der Waals surface area contributed by atoms with Gasteiger partial charge in [-0.05, 0) is 52.8 Å². The molecule has 0 fully saturated rings. The van der Waals surface area contributed by atoms with Crippen molar-refractivity contribution in [3.05, 3.63) is 63.6 Å². The molecule has 0 spiro atoms. The van der Waals surface area contributed by atoms with Gasteiger partial charge in [0.1, 0.15) is 16.7 Å². The number of allylic oxidation sites excluding steroid dienone is 1. The van der Waals surface area contributed by atoms with Crippen molar-refractivity contribution < 1.29 is 26.7 Å². The van der Waals surface area contributed by atoms with Gasteiger partial charge in [-0.15, -0.1) is 0 Å². The van der Waals surface area contributed by atoms with Gasteiger partial charge >= 0.3 is 6.18 Å². The van der Waals surface area contributed by atoms with Crippen LogP contribution in [0.1, 0.15) is 63.8 Å². The van der Waals surface area contributed by atoms with Crippen LogP contribution >= 0.6 is 0 Å². The van der Waals surface area contributed by atoms with Crippen molar-refractivity contribution in [1.82, 2.24) is 0 Å². The minimum atomic E-state index is -4.72. The van der Waals surface area contributed by atoms with E-state index < -0.39 is 42.2 Å². The molecule has 0 heterocycles. The third-order valence-corrected chi connectivity index (χ3v) is 6.58. The van der Waals surface area contributed by atoms with Gasteiger partial charge in [0.25, 0.3) is 0 Å². The van der Waals surface area contributed by atoms with Gasteiger partial charge < -0.3 is 5.11 Å². The summed E-state index contributed by atoms with van der Waals surface area (Å²) in [5.74, 6) is 0.0846. The molecule has 1 N–H and O–H groups in total. The number of benzene rings is 2. The second-order valence-corrected chi connectivity index (χ2v) is 11.5. The molecule has 0 aliphatic rings. The number of nitriles is 1. The number of nitrogens with zero attached hydrogens (tertiary/aromatic N) is 1. The zero-order valence-corrected chi connectivity index (χ0v) is 19.6. The highest BCUT2D eigenvalue weighted by molar-refractivity contribution is 7.95. The van der Waals surface area contributed by atoms with Gasteiger partial charge in [0.05, 0.1) is 10.5 Å². The number of phenols is 1. The van der Waals surface area contributed by atoms with Crippen LogP contribution in [0.4, 0.5) is 13.2 Å². The van der Waals surface area contributed by atoms with Crippen LogP contribution in [0.15, 0.2) is 46.2 Å². The molecular weight excluding hydrogens is 439 g/mol. The summed E-state index contributed by atoms with van der Waals surface area (Å²) in [4.78, 5) is -1.31. The topological polar surface area (TPSA) is 78.2 Å². The van der Waals surface area contributed by atoms with Gasteiger partial charge in [-0.25, -0.2) is 8.42 Å². The fraction of sp³-hybridized carbons (Fsp3) is 0.375. The smallest absolute Gasteiger partial charge is 0.416 e. The predicted octanol–water partition coefficient (Wildman–Crippen LogP) is 6.34. The Labute approximate surface area is 186 Å². The molecule has 0 saturated heterocycles. The number of hydrogen-bond acceptors (Lipinski definition) is 4. The van der Waals surface area contributed by atoms with E-state index in [4.69, 9.17) is 0 Å². The zero-order valence-electron chi connectivity index (χ0n) is 18.8. The maximum absolute atomic E-state index is 13.0. The van der Waals surface area contributed by atoms with Crippen LogP contribution in [-0.2, 0) is 26.8 Å². The minimum Gasteiger partial charge on any atom is -0.507 e. The van der Waals surface area contributed by atoms with Gasteiger partial charge in [0, 0.05) is 11.1 Å². The average Bonchev–Trinajstić information content (AvgIpc) is 2.64. The fourth-order valence-corrected chi connectivity index (χ4v) is 4.38. The summed E-state index contributed by atoms with van der Waals surface area (Å²) in [5, 5.41) is 20.4. The van der Waals surface area contributed by atoms with Crippen molar-refractivity contribution >= 4 is 15.9 Å². The number of hydrogen-bond donors (Lipinski definition) is 1. The highest BCUT2D eigenvalue weighted by atomic mass is 32.2. The number of halogens is 3. The molecule has 0 bridgehead atoms. The summed E-state index contributed by atoms with van der Waals surface area (Å²) in [5.41, 5.74) is -0.619. The molecule has 0 aromatic heterocycles. The number of phenolic OH excluding ortho intramolecular Hbond substituents is 1. The van der Waals surface area contributed by atoms with E-state index in [0.29, 0.717) is 22.8 Å². The molecule has 2 aromatic carbocycles. The van der Waals surface area contributed by atoms with E-state index in [1.54, 1.807) is 18.2 Å². The van der Waals surface area contributed by atoms with Gasteiger partial charge in [-0.2, -0.15) is 18.4 Å². The summed E-state index contributed by atoms with van der Waals surface area (Å²) < 4.78 is 65.1. The molecule has 0 aliphatic heterocycles. The second-order valence-electron chi connectivity index (χ2n) is 9.61. The van der Waals surface area contributed by atoms with E-state index in [9.17, 15) is 32.0 Å². The Balaban J connectivity index is 2.75. The Morgan fingerprint density at radius 3 is 1.88 bits per heavy atom. The number of sulfone groups is 1. The molecule has 0 aliphatic carbocycles. The normalized spacial score (nSPS) is 13.7. The van der Waals surface area contributed by atoms with Crippen LogP contribution in [0.25, 0.3) is 6.08 Å². The molecule has 0 amide bonds. The van der Waals surface area contributed by atoms with Crippen molar-refractivity contribution in [2.45, 2.75) is 63.4 Å². The number of alkyl halides is 3. The monoisotopic (exact) mass is 465 g/mol. The zero-order chi connectivity index (χ0) is 24.7. The summed E-state index contributed by atoms with van der Waals surface area (Å²) in [6, 6.07) is 8.07. The standard InChI is InChI=1S/C24H26F3NO3S/c1-22(2,3)19-11-15(12-20(21(19)29)23(4,5)6)10-18(14-28)32(30,31)17-9-7-8-16(13-17)24(25,26)27/h7-13,29H,1-6H3/b18-10-. The largest absolute Gasteiger partial charge is 0.507 e. The first kappa shape index (κ1) is 25.5. The van der Waals surface area contributed by atoms with Crippen molar-refractivity contribution in [2.75, 3.05) is 0 Å². The Bertz CT molecular complexity index is 1170. The van der Waals surface area contributed by atoms with E-state index in [0.717, 1.165) is 24.3 Å². The third-order valence-electron chi connectivity index (χ3n) is 4.92. The molecule has 0 atom stereocenters. The van der Waals surface area contributed by atoms with Crippen LogP contribution in [0.2, 0.25) is 0 Å². The highest BCUT2D eigenvalue weighted by Crippen LogP contribution is 2.40. The van der Waals surface area contributed by atoms with Crippen LogP contribution in [0, 0.1) is 11.3 Å². The second kappa shape index (κ2) is 8.28. The van der Waals surface area contributed by atoms with E-state index in [1.807, 2.05) is 41.5 Å². The molecule has 0 radical (unpaired) electrons. The van der Waals surface area contributed by atoms with Gasteiger partial charge in [0.15, 0.2) is 0 Å². The number of rotatable bonds is 3. The lowest BCUT2D eigenvalue weighted by molar-refractivity contribution is -0.137. The lowest BCUT2D eigenvalue weighted by Crippen LogP contribution is -2.17. The number of aromatic hydroxyl groups is 1. The molecular formula is C24H26F3NO3S. The molecule has 0 saturated carbocycles. The molecule has 0 unspecified atom stereocenters. The molecule has 4 nitrogen and oxygen atoms in total. The van der Waals surface area contributed by atoms with Crippen LogP contribution in [0.3, 0.4) is 0 Å². The summed E-state index contributed by atoms with van der Waals surface area (Å²) in [7, 11) is -4.50. The molecule has 172 valence electrons. The van der Waals surface area contributed by atoms with Crippen LogP contribution < -0.4 is 0 Å². The average molecular weight is 466 g/mol. The molecule has 2 rings (SSSR count). The maximum Gasteiger partial charge on any atom is 0.416 e. The van der Waals surface area contributed by atoms with Crippen LogP contribution in [-0.4, -0.2) is 13.5 Å². The summed E-state index contributed by atoms with van der Waals surface area (Å²) >= 11 is 0. The quantitative estimate of drug-likeness (QED) is 0.536.